The lowest BCUT2D eigenvalue weighted by Gasteiger charge is -2.35. The highest BCUT2D eigenvalue weighted by atomic mass is 16.3. The Morgan fingerprint density at radius 3 is 2.23 bits per heavy atom. The maximum Gasteiger partial charge on any atom is 0.290 e. The number of benzene rings is 1. The lowest BCUT2D eigenvalue weighted by molar-refractivity contribution is -0.147. The van der Waals surface area contributed by atoms with E-state index in [0.717, 1.165) is 5.56 Å². The van der Waals surface area contributed by atoms with Crippen LogP contribution >= 0.6 is 0 Å². The number of ketones is 1. The number of hydrogen-bond acceptors (Lipinski definition) is 4. The number of amides is 1. The number of carbonyl (C=O) groups is 2. The molecule has 5 nitrogen and oxygen atoms in total. The molecule has 0 aliphatic carbocycles. The Morgan fingerprint density at radius 2 is 1.68 bits per heavy atom. The van der Waals surface area contributed by atoms with E-state index in [2.05, 4.69) is 4.90 Å². The van der Waals surface area contributed by atoms with E-state index < -0.39 is 6.10 Å². The number of rotatable bonds is 5. The van der Waals surface area contributed by atoms with Gasteiger partial charge in [-0.1, -0.05) is 44.2 Å². The lowest BCUT2D eigenvalue weighted by atomic mass is 10.1. The van der Waals surface area contributed by atoms with Crippen molar-refractivity contribution in [1.29, 1.82) is 0 Å². The molecule has 1 N–H and O–H groups in total. The highest BCUT2D eigenvalue weighted by Gasteiger charge is 2.28. The van der Waals surface area contributed by atoms with Gasteiger partial charge in [-0.15, -0.1) is 0 Å². The second kappa shape index (κ2) is 7.51. The fraction of sp³-hybridized carbons (Fsp3) is 0.529. The topological polar surface area (TPSA) is 60.9 Å². The Bertz CT molecular complexity index is 508. The summed E-state index contributed by atoms with van der Waals surface area (Å²) in [4.78, 5) is 27.5. The standard InChI is InChI=1S/C17H24N2O3/c1-13(2)16(21)17(22)19-10-8-18(9-11-19)12-15(20)14-6-4-3-5-7-14/h3-7,13,15,20H,8-12H2,1-2H3/t15-/m0/s1. The van der Waals surface area contributed by atoms with Crippen LogP contribution in [0.3, 0.4) is 0 Å². The monoisotopic (exact) mass is 304 g/mol. The minimum absolute atomic E-state index is 0.259. The third-order valence-corrected chi connectivity index (χ3v) is 4.01. The summed E-state index contributed by atoms with van der Waals surface area (Å²) in [6.45, 7) is 6.48. The van der Waals surface area contributed by atoms with E-state index in [-0.39, 0.29) is 17.6 Å². The molecular formula is C17H24N2O3. The van der Waals surface area contributed by atoms with Gasteiger partial charge in [-0.2, -0.15) is 0 Å². The fourth-order valence-corrected chi connectivity index (χ4v) is 2.56. The summed E-state index contributed by atoms with van der Waals surface area (Å²) in [5.41, 5.74) is 0.899. The molecular weight excluding hydrogens is 280 g/mol. The predicted octanol–water partition coefficient (Wildman–Crippen LogP) is 1.09. The van der Waals surface area contributed by atoms with Crippen molar-refractivity contribution in [3.05, 3.63) is 35.9 Å². The van der Waals surface area contributed by atoms with E-state index in [1.54, 1.807) is 18.7 Å². The van der Waals surface area contributed by atoms with Gasteiger partial charge in [-0.25, -0.2) is 0 Å². The van der Waals surface area contributed by atoms with Crippen molar-refractivity contribution in [2.75, 3.05) is 32.7 Å². The van der Waals surface area contributed by atoms with Crippen molar-refractivity contribution in [2.24, 2.45) is 5.92 Å². The molecule has 1 atom stereocenters. The van der Waals surface area contributed by atoms with E-state index in [4.69, 9.17) is 0 Å². The number of aliphatic hydroxyl groups excluding tert-OH is 1. The van der Waals surface area contributed by atoms with Crippen molar-refractivity contribution < 1.29 is 14.7 Å². The Kier molecular flexibility index (Phi) is 5.69. The van der Waals surface area contributed by atoms with Crippen LogP contribution in [-0.4, -0.2) is 59.3 Å². The largest absolute Gasteiger partial charge is 0.387 e. The van der Waals surface area contributed by atoms with Crippen LogP contribution in [0.4, 0.5) is 0 Å². The van der Waals surface area contributed by atoms with Crippen LogP contribution in [-0.2, 0) is 9.59 Å². The van der Waals surface area contributed by atoms with Crippen molar-refractivity contribution in [3.8, 4) is 0 Å². The van der Waals surface area contributed by atoms with Gasteiger partial charge in [0.25, 0.3) is 5.91 Å². The predicted molar refractivity (Wildman–Crippen MR) is 84.3 cm³/mol. The first-order chi connectivity index (χ1) is 10.5. The minimum atomic E-state index is -0.527. The molecule has 0 spiro atoms. The zero-order chi connectivity index (χ0) is 16.1. The number of piperazine rings is 1. The third-order valence-electron chi connectivity index (χ3n) is 4.01. The summed E-state index contributed by atoms with van der Waals surface area (Å²) in [5, 5.41) is 10.2. The second-order valence-corrected chi connectivity index (χ2v) is 6.04. The summed E-state index contributed by atoms with van der Waals surface area (Å²) < 4.78 is 0. The van der Waals surface area contributed by atoms with E-state index in [9.17, 15) is 14.7 Å². The van der Waals surface area contributed by atoms with Gasteiger partial charge in [0.2, 0.25) is 5.78 Å². The van der Waals surface area contributed by atoms with Crippen LogP contribution in [0.2, 0.25) is 0 Å². The Balaban J connectivity index is 1.82. The van der Waals surface area contributed by atoms with Crippen LogP contribution in [0, 0.1) is 5.92 Å². The summed E-state index contributed by atoms with van der Waals surface area (Å²) in [6.07, 6.45) is -0.527. The molecule has 1 aromatic carbocycles. The van der Waals surface area contributed by atoms with E-state index in [0.29, 0.717) is 32.7 Å². The second-order valence-electron chi connectivity index (χ2n) is 6.04. The van der Waals surface area contributed by atoms with Crippen LogP contribution in [0.5, 0.6) is 0 Å². The Hall–Kier alpha value is -1.72. The molecule has 1 saturated heterocycles. The van der Waals surface area contributed by atoms with Crippen LogP contribution in [0.25, 0.3) is 0 Å². The molecule has 0 radical (unpaired) electrons. The van der Waals surface area contributed by atoms with Crippen molar-refractivity contribution in [2.45, 2.75) is 20.0 Å². The summed E-state index contributed by atoms with van der Waals surface area (Å²) in [6, 6.07) is 9.56. The van der Waals surface area contributed by atoms with Gasteiger partial charge in [0.05, 0.1) is 6.10 Å². The normalized spacial score (nSPS) is 17.5. The summed E-state index contributed by atoms with van der Waals surface area (Å²) >= 11 is 0. The van der Waals surface area contributed by atoms with E-state index in [1.165, 1.54) is 0 Å². The molecule has 1 aliphatic heterocycles. The van der Waals surface area contributed by atoms with Gasteiger partial charge in [-0.05, 0) is 5.56 Å². The van der Waals surface area contributed by atoms with Crippen molar-refractivity contribution >= 4 is 11.7 Å². The molecule has 0 aromatic heterocycles. The summed E-state index contributed by atoms with van der Waals surface area (Å²) in [7, 11) is 0. The maximum atomic E-state index is 12.0. The molecule has 0 saturated carbocycles. The number of carbonyl (C=O) groups excluding carboxylic acids is 2. The molecule has 1 fully saturated rings. The van der Waals surface area contributed by atoms with Crippen molar-refractivity contribution in [1.82, 2.24) is 9.80 Å². The number of Topliss-reactive ketones (excluding diaryl/α,β-unsaturated/α-hetero) is 1. The van der Waals surface area contributed by atoms with Crippen LogP contribution < -0.4 is 0 Å². The minimum Gasteiger partial charge on any atom is -0.387 e. The molecule has 1 aromatic rings. The van der Waals surface area contributed by atoms with Crippen molar-refractivity contribution in [3.63, 3.8) is 0 Å². The number of aliphatic hydroxyl groups is 1. The van der Waals surface area contributed by atoms with E-state index in [1.807, 2.05) is 30.3 Å². The summed E-state index contributed by atoms with van der Waals surface area (Å²) in [5.74, 6) is -0.957. The zero-order valence-corrected chi connectivity index (χ0v) is 13.2. The van der Waals surface area contributed by atoms with Gasteiger partial charge in [0.1, 0.15) is 0 Å². The first kappa shape index (κ1) is 16.6. The first-order valence-electron chi connectivity index (χ1n) is 7.77. The molecule has 22 heavy (non-hydrogen) atoms. The average Bonchev–Trinajstić information content (AvgIpc) is 2.55. The highest BCUT2D eigenvalue weighted by molar-refractivity contribution is 6.36. The maximum absolute atomic E-state index is 12.0. The number of hydrogen-bond donors (Lipinski definition) is 1. The van der Waals surface area contributed by atoms with Gasteiger partial charge in [0.15, 0.2) is 0 Å². The van der Waals surface area contributed by atoms with Gasteiger partial charge in [0, 0.05) is 38.6 Å². The van der Waals surface area contributed by atoms with Gasteiger partial charge < -0.3 is 10.0 Å². The lowest BCUT2D eigenvalue weighted by Crippen LogP contribution is -2.51. The van der Waals surface area contributed by atoms with E-state index >= 15 is 0 Å². The molecule has 2 rings (SSSR count). The number of β-amino-alcohol motifs (C(OH)–C–C–N with tert-alkyl or cyclic N) is 1. The average molecular weight is 304 g/mol. The molecule has 1 heterocycles. The molecule has 5 heteroatoms. The van der Waals surface area contributed by atoms with Gasteiger partial charge in [-0.3, -0.25) is 14.5 Å². The van der Waals surface area contributed by atoms with Crippen LogP contribution in [0.15, 0.2) is 30.3 Å². The quantitative estimate of drug-likeness (QED) is 0.827. The Morgan fingerprint density at radius 1 is 1.09 bits per heavy atom. The zero-order valence-electron chi connectivity index (χ0n) is 13.2. The molecule has 1 aliphatic rings. The van der Waals surface area contributed by atoms with Crippen LogP contribution in [0.1, 0.15) is 25.5 Å². The SMILES string of the molecule is CC(C)C(=O)C(=O)N1CCN(C[C@H](O)c2ccccc2)CC1. The fourth-order valence-electron chi connectivity index (χ4n) is 2.56. The smallest absolute Gasteiger partial charge is 0.290 e. The third kappa shape index (κ3) is 4.15. The highest BCUT2D eigenvalue weighted by Crippen LogP contribution is 2.15. The first-order valence-corrected chi connectivity index (χ1v) is 7.77. The molecule has 0 bridgehead atoms. The number of nitrogens with zero attached hydrogens (tertiary/aromatic N) is 2. The van der Waals surface area contributed by atoms with Gasteiger partial charge >= 0.3 is 0 Å². The molecule has 120 valence electrons. The Labute approximate surface area is 131 Å². The molecule has 1 amide bonds. The molecule has 0 unspecified atom stereocenters.